The SMILES string of the molecule is CC(C)(C=S)C(=O)N1C=CC=CC1c1ccccc1. The fourth-order valence-electron chi connectivity index (χ4n) is 2.00. The molecule has 0 spiro atoms. The molecule has 1 aromatic rings. The molecule has 0 aliphatic carbocycles. The predicted molar refractivity (Wildman–Crippen MR) is 81.7 cm³/mol. The van der Waals surface area contributed by atoms with Crippen LogP contribution in [-0.4, -0.2) is 16.2 Å². The second-order valence-corrected chi connectivity index (χ2v) is 5.37. The van der Waals surface area contributed by atoms with Gasteiger partial charge in [0.1, 0.15) is 0 Å². The summed E-state index contributed by atoms with van der Waals surface area (Å²) >= 11 is 4.97. The molecule has 0 fully saturated rings. The van der Waals surface area contributed by atoms with Crippen LogP contribution in [0.5, 0.6) is 0 Å². The largest absolute Gasteiger partial charge is 0.307 e. The van der Waals surface area contributed by atoms with Gasteiger partial charge in [0, 0.05) is 6.20 Å². The molecular formula is C16H17NOS. The van der Waals surface area contributed by atoms with Crippen molar-refractivity contribution in [2.45, 2.75) is 19.9 Å². The molecule has 2 rings (SSSR count). The van der Waals surface area contributed by atoms with Gasteiger partial charge in [-0.05, 0) is 30.9 Å². The van der Waals surface area contributed by atoms with Crippen LogP contribution < -0.4 is 0 Å². The molecule has 3 heteroatoms. The second kappa shape index (κ2) is 5.49. The monoisotopic (exact) mass is 271 g/mol. The van der Waals surface area contributed by atoms with Gasteiger partial charge in [-0.15, -0.1) is 0 Å². The van der Waals surface area contributed by atoms with Crippen LogP contribution in [-0.2, 0) is 4.79 Å². The lowest BCUT2D eigenvalue weighted by atomic mass is 9.92. The van der Waals surface area contributed by atoms with E-state index >= 15 is 0 Å². The zero-order valence-electron chi connectivity index (χ0n) is 11.1. The summed E-state index contributed by atoms with van der Waals surface area (Å²) in [5.41, 5.74) is 0.453. The Bertz CT molecular complexity index is 531. The van der Waals surface area contributed by atoms with E-state index in [1.54, 1.807) is 4.90 Å². The molecule has 0 saturated heterocycles. The van der Waals surface area contributed by atoms with Crippen molar-refractivity contribution in [2.75, 3.05) is 0 Å². The standard InChI is InChI=1S/C16H17NOS/c1-16(2,12-19)15(18)17-11-7-6-10-14(17)13-8-4-3-5-9-13/h3-12,14H,1-2H3. The molecule has 0 N–H and O–H groups in total. The molecule has 1 heterocycles. The number of nitrogens with zero attached hydrogens (tertiary/aromatic N) is 1. The molecule has 1 atom stereocenters. The Balaban J connectivity index is 2.33. The Labute approximate surface area is 119 Å². The van der Waals surface area contributed by atoms with Crippen molar-refractivity contribution in [3.05, 3.63) is 60.3 Å². The summed E-state index contributed by atoms with van der Waals surface area (Å²) in [6.45, 7) is 3.69. The summed E-state index contributed by atoms with van der Waals surface area (Å²) in [7, 11) is 0. The van der Waals surface area contributed by atoms with Crippen LogP contribution in [0.3, 0.4) is 0 Å². The Morgan fingerprint density at radius 2 is 1.95 bits per heavy atom. The van der Waals surface area contributed by atoms with Gasteiger partial charge in [-0.25, -0.2) is 0 Å². The molecular weight excluding hydrogens is 254 g/mol. The van der Waals surface area contributed by atoms with E-state index in [1.165, 1.54) is 5.37 Å². The van der Waals surface area contributed by atoms with Gasteiger partial charge < -0.3 is 4.90 Å². The summed E-state index contributed by atoms with van der Waals surface area (Å²) in [5.74, 6) is 0.0111. The lowest BCUT2D eigenvalue weighted by molar-refractivity contribution is -0.135. The molecule has 0 radical (unpaired) electrons. The highest BCUT2D eigenvalue weighted by molar-refractivity contribution is 7.79. The summed E-state index contributed by atoms with van der Waals surface area (Å²) in [6.07, 6.45) is 7.68. The van der Waals surface area contributed by atoms with Gasteiger partial charge in [0.15, 0.2) is 0 Å². The van der Waals surface area contributed by atoms with E-state index in [4.69, 9.17) is 12.2 Å². The number of thiocarbonyl (C=S) groups is 1. The molecule has 1 aliphatic rings. The van der Waals surface area contributed by atoms with Crippen LogP contribution in [0.2, 0.25) is 0 Å². The minimum atomic E-state index is -0.641. The smallest absolute Gasteiger partial charge is 0.237 e. The van der Waals surface area contributed by atoms with Crippen molar-refractivity contribution >= 4 is 23.5 Å². The number of amides is 1. The van der Waals surface area contributed by atoms with E-state index in [2.05, 4.69) is 0 Å². The second-order valence-electron chi connectivity index (χ2n) is 5.13. The van der Waals surface area contributed by atoms with E-state index in [9.17, 15) is 4.79 Å². The first-order valence-electron chi connectivity index (χ1n) is 6.25. The molecule has 2 nitrogen and oxygen atoms in total. The maximum atomic E-state index is 12.6. The predicted octanol–water partition coefficient (Wildman–Crippen LogP) is 3.67. The van der Waals surface area contributed by atoms with E-state index in [1.807, 2.05) is 68.6 Å². The van der Waals surface area contributed by atoms with Crippen molar-refractivity contribution in [3.63, 3.8) is 0 Å². The van der Waals surface area contributed by atoms with Crippen LogP contribution >= 0.6 is 12.2 Å². The van der Waals surface area contributed by atoms with E-state index in [0.29, 0.717) is 0 Å². The normalized spacial score (nSPS) is 18.4. The Morgan fingerprint density at radius 1 is 1.26 bits per heavy atom. The Morgan fingerprint density at radius 3 is 2.58 bits per heavy atom. The molecule has 98 valence electrons. The average molecular weight is 271 g/mol. The van der Waals surface area contributed by atoms with Gasteiger partial charge in [-0.1, -0.05) is 54.7 Å². The van der Waals surface area contributed by atoms with Gasteiger partial charge in [0.2, 0.25) is 5.91 Å². The number of hydrogen-bond donors (Lipinski definition) is 0. The Hall–Kier alpha value is -1.74. The van der Waals surface area contributed by atoms with Gasteiger partial charge in [-0.3, -0.25) is 4.79 Å². The number of rotatable bonds is 3. The fraction of sp³-hybridized carbons (Fsp3) is 0.250. The highest BCUT2D eigenvalue weighted by Gasteiger charge is 2.33. The molecule has 1 aliphatic heterocycles. The van der Waals surface area contributed by atoms with Crippen LogP contribution in [0.15, 0.2) is 54.8 Å². The van der Waals surface area contributed by atoms with E-state index in [-0.39, 0.29) is 11.9 Å². The van der Waals surface area contributed by atoms with Crippen molar-refractivity contribution in [1.82, 2.24) is 4.90 Å². The molecule has 0 saturated carbocycles. The van der Waals surface area contributed by atoms with Gasteiger partial charge in [0.05, 0.1) is 11.5 Å². The molecule has 0 aromatic heterocycles. The molecule has 19 heavy (non-hydrogen) atoms. The zero-order chi connectivity index (χ0) is 13.9. The maximum absolute atomic E-state index is 12.6. The van der Waals surface area contributed by atoms with E-state index < -0.39 is 5.41 Å². The van der Waals surface area contributed by atoms with Crippen molar-refractivity contribution in [3.8, 4) is 0 Å². The van der Waals surface area contributed by atoms with Crippen LogP contribution in [0.25, 0.3) is 0 Å². The highest BCUT2D eigenvalue weighted by atomic mass is 32.1. The van der Waals surface area contributed by atoms with Crippen LogP contribution in [0.4, 0.5) is 0 Å². The number of carbonyl (C=O) groups excluding carboxylic acids is 1. The first-order chi connectivity index (χ1) is 9.06. The highest BCUT2D eigenvalue weighted by Crippen LogP contribution is 2.29. The molecule has 1 unspecified atom stereocenters. The summed E-state index contributed by atoms with van der Waals surface area (Å²) in [4.78, 5) is 14.3. The summed E-state index contributed by atoms with van der Waals surface area (Å²) in [5, 5.41) is 1.53. The zero-order valence-corrected chi connectivity index (χ0v) is 11.9. The first-order valence-corrected chi connectivity index (χ1v) is 6.72. The number of carbonyl (C=O) groups is 1. The third kappa shape index (κ3) is 2.82. The third-order valence-electron chi connectivity index (χ3n) is 3.17. The minimum absolute atomic E-state index is 0.0111. The van der Waals surface area contributed by atoms with Gasteiger partial charge in [-0.2, -0.15) is 0 Å². The minimum Gasteiger partial charge on any atom is -0.307 e. The number of benzene rings is 1. The number of hydrogen-bond acceptors (Lipinski definition) is 2. The third-order valence-corrected chi connectivity index (χ3v) is 3.76. The van der Waals surface area contributed by atoms with Crippen molar-refractivity contribution in [1.29, 1.82) is 0 Å². The molecule has 1 aromatic carbocycles. The van der Waals surface area contributed by atoms with Crippen molar-refractivity contribution in [2.24, 2.45) is 5.41 Å². The first kappa shape index (κ1) is 13.7. The quantitative estimate of drug-likeness (QED) is 0.782. The number of allylic oxidation sites excluding steroid dienone is 2. The van der Waals surface area contributed by atoms with Gasteiger partial charge in [0.25, 0.3) is 0 Å². The van der Waals surface area contributed by atoms with E-state index in [0.717, 1.165) is 5.56 Å². The van der Waals surface area contributed by atoms with Gasteiger partial charge >= 0.3 is 0 Å². The van der Waals surface area contributed by atoms with Crippen LogP contribution in [0, 0.1) is 5.41 Å². The summed E-state index contributed by atoms with van der Waals surface area (Å²) < 4.78 is 0. The maximum Gasteiger partial charge on any atom is 0.237 e. The topological polar surface area (TPSA) is 20.3 Å². The summed E-state index contributed by atoms with van der Waals surface area (Å²) in [6, 6.07) is 9.92. The van der Waals surface area contributed by atoms with Crippen molar-refractivity contribution < 1.29 is 4.79 Å². The molecule has 0 bridgehead atoms. The lowest BCUT2D eigenvalue weighted by Crippen LogP contribution is -2.40. The average Bonchev–Trinajstić information content (AvgIpc) is 2.47. The molecule has 1 amide bonds. The van der Waals surface area contributed by atoms with Crippen LogP contribution in [0.1, 0.15) is 25.5 Å². The lowest BCUT2D eigenvalue weighted by Gasteiger charge is -2.33. The Kier molecular flexibility index (Phi) is 3.96. The fourth-order valence-corrected chi connectivity index (χ4v) is 2.10.